The SMILES string of the molecule is O/C(Cl)=C1\C=C2N=C1C(c1c(F)c(F)c(F)c(F)c1F)=c1ccc([nH]1)=C(c1c(F)c(F)c(F)c(F)c1F)C1=NC(=C(c3c(F)c(F)c(F)c(F)c3F)c3ccc2[nH]3)CC1. The molecule has 0 unspecified atom stereocenters. The number of allylic oxidation sites excluding steroid dienone is 3. The van der Waals surface area contributed by atoms with Crippen LogP contribution >= 0.6 is 11.6 Å². The molecule has 0 aliphatic carbocycles. The van der Waals surface area contributed by atoms with Crippen molar-refractivity contribution in [2.75, 3.05) is 0 Å². The highest BCUT2D eigenvalue weighted by Gasteiger charge is 2.37. The van der Waals surface area contributed by atoms with Gasteiger partial charge in [0.05, 0.1) is 50.8 Å². The zero-order valence-corrected chi connectivity index (χ0v) is 28.9. The number of benzene rings is 3. The lowest BCUT2D eigenvalue weighted by Gasteiger charge is -2.14. The van der Waals surface area contributed by atoms with Crippen molar-refractivity contribution in [1.82, 2.24) is 9.97 Å². The van der Waals surface area contributed by atoms with Crippen LogP contribution in [0.25, 0.3) is 22.4 Å². The van der Waals surface area contributed by atoms with Crippen LogP contribution < -0.4 is 10.7 Å². The maximum Gasteiger partial charge on any atom is 0.200 e. The Bertz CT molecular complexity index is 2990. The van der Waals surface area contributed by atoms with Crippen LogP contribution in [-0.4, -0.2) is 26.5 Å². The second-order valence-electron chi connectivity index (χ2n) is 12.7. The summed E-state index contributed by atoms with van der Waals surface area (Å²) in [5.74, 6) is -37.3. The lowest BCUT2D eigenvalue weighted by molar-refractivity contribution is 0.376. The third-order valence-electron chi connectivity index (χ3n) is 9.51. The molecule has 0 atom stereocenters. The number of aromatic amines is 2. The third kappa shape index (κ3) is 5.74. The van der Waals surface area contributed by atoms with Crippen LogP contribution in [0.5, 0.6) is 0 Å². The van der Waals surface area contributed by atoms with Gasteiger partial charge in [-0.25, -0.2) is 70.8 Å². The predicted molar refractivity (Wildman–Crippen MR) is 178 cm³/mol. The number of hydrogen-bond donors (Lipinski definition) is 3. The van der Waals surface area contributed by atoms with Crippen molar-refractivity contribution in [1.29, 1.82) is 0 Å². The van der Waals surface area contributed by atoms with Crippen molar-refractivity contribution < 1.29 is 71.0 Å². The average molecular weight is 861 g/mol. The van der Waals surface area contributed by atoms with E-state index in [1.165, 1.54) is 0 Å². The third-order valence-corrected chi connectivity index (χ3v) is 9.71. The first-order valence-electron chi connectivity index (χ1n) is 16.2. The highest BCUT2D eigenvalue weighted by atomic mass is 35.5. The lowest BCUT2D eigenvalue weighted by Crippen LogP contribution is -2.25. The fourth-order valence-corrected chi connectivity index (χ4v) is 7.02. The number of hydrogen-bond acceptors (Lipinski definition) is 3. The van der Waals surface area contributed by atoms with Gasteiger partial charge < -0.3 is 15.1 Å². The maximum absolute atomic E-state index is 15.7. The summed E-state index contributed by atoms with van der Waals surface area (Å²) >= 11 is 5.90. The van der Waals surface area contributed by atoms with Crippen LogP contribution in [-0.2, 0) is 0 Å². The smallest absolute Gasteiger partial charge is 0.200 e. The van der Waals surface area contributed by atoms with Gasteiger partial charge >= 0.3 is 0 Å². The number of aliphatic hydroxyl groups excluding tert-OH is 1. The predicted octanol–water partition coefficient (Wildman–Crippen LogP) is 9.34. The zero-order valence-electron chi connectivity index (χ0n) is 28.2. The van der Waals surface area contributed by atoms with E-state index in [4.69, 9.17) is 11.6 Å². The van der Waals surface area contributed by atoms with Gasteiger partial charge in [-0.3, -0.25) is 4.99 Å². The summed E-state index contributed by atoms with van der Waals surface area (Å²) in [6.45, 7) is 0. The summed E-state index contributed by atoms with van der Waals surface area (Å²) in [5, 5.41) is 7.75. The minimum absolute atomic E-state index is 0.276. The van der Waals surface area contributed by atoms with Crippen LogP contribution in [0.15, 0.2) is 56.8 Å². The van der Waals surface area contributed by atoms with Crippen molar-refractivity contribution in [3.63, 3.8) is 0 Å². The molecule has 5 nitrogen and oxygen atoms in total. The van der Waals surface area contributed by atoms with Gasteiger partial charge in [-0.1, -0.05) is 0 Å². The molecule has 8 rings (SSSR count). The van der Waals surface area contributed by atoms with E-state index in [0.717, 1.165) is 30.3 Å². The van der Waals surface area contributed by atoms with E-state index in [2.05, 4.69) is 20.0 Å². The van der Waals surface area contributed by atoms with E-state index >= 15 is 26.3 Å². The summed E-state index contributed by atoms with van der Waals surface area (Å²) in [7, 11) is 0. The summed E-state index contributed by atoms with van der Waals surface area (Å²) in [6, 6.07) is 3.60. The Morgan fingerprint density at radius 1 is 0.475 bits per heavy atom. The van der Waals surface area contributed by atoms with Crippen molar-refractivity contribution >= 4 is 45.4 Å². The minimum atomic E-state index is -2.62. The maximum atomic E-state index is 15.7. The Morgan fingerprint density at radius 2 is 0.881 bits per heavy atom. The Morgan fingerprint density at radius 3 is 1.36 bits per heavy atom. The summed E-state index contributed by atoms with van der Waals surface area (Å²) in [4.78, 5) is 13.2. The molecule has 0 amide bonds. The van der Waals surface area contributed by atoms with Gasteiger partial charge in [0.1, 0.15) is 0 Å². The number of aromatic nitrogens is 2. The van der Waals surface area contributed by atoms with Gasteiger partial charge in [0.25, 0.3) is 0 Å². The fraction of sp³-hybridized carbons (Fsp3) is 0.0526. The number of nitrogens with one attached hydrogen (secondary N) is 2. The summed E-state index contributed by atoms with van der Waals surface area (Å²) in [6.07, 6.45) is -0.354. The molecule has 3 aromatic carbocycles. The number of fused-ring (bicyclic) bond motifs is 7. The minimum Gasteiger partial charge on any atom is -0.498 e. The van der Waals surface area contributed by atoms with Crippen LogP contribution in [0.1, 0.15) is 40.9 Å². The molecule has 0 fully saturated rings. The number of H-pyrrole nitrogens is 2. The molecule has 3 N–H and O–H groups in total. The normalized spacial score (nSPS) is 16.1. The first-order chi connectivity index (χ1) is 27.8. The molecule has 8 bridgehead atoms. The largest absolute Gasteiger partial charge is 0.498 e. The standard InChI is InChI=1S/C38H12ClF15N4O/c39-38(59)8-7-15-9-1-2-10(55-9)16(19-22(40)28(46)34(52)29(47)23(19)41)11-3-4-12(56-11)17(20-24(42)30(48)35(53)31(49)25(20)43)13-5-6-14(57-13)18(37(8)58-15)21-26(44)32(50)36(54)33(51)27(21)45/h1-2,5-7,55,57,59H,3-4H2/b16-11?,17-13?,18-14?,38-8+. The molecular weight excluding hydrogens is 849 g/mol. The van der Waals surface area contributed by atoms with E-state index in [9.17, 15) is 44.6 Å². The molecule has 0 radical (unpaired) electrons. The average Bonchev–Trinajstić information content (AvgIpc) is 4.05. The Labute approximate surface area is 321 Å². The summed E-state index contributed by atoms with van der Waals surface area (Å²) in [5.41, 5.74) is -12.2. The second kappa shape index (κ2) is 13.8. The first-order valence-corrected chi connectivity index (χ1v) is 16.6. The Balaban J connectivity index is 1.61. The molecule has 21 heteroatoms. The topological polar surface area (TPSA) is 76.5 Å². The number of halogens is 16. The van der Waals surface area contributed by atoms with Crippen molar-refractivity contribution in [3.05, 3.63) is 173 Å². The van der Waals surface area contributed by atoms with E-state index in [1.54, 1.807) is 0 Å². The quantitative estimate of drug-likeness (QED) is 0.0720. The Hall–Kier alpha value is -6.44. The van der Waals surface area contributed by atoms with Crippen LogP contribution in [0.4, 0.5) is 65.9 Å². The summed E-state index contributed by atoms with van der Waals surface area (Å²) < 4.78 is 225. The van der Waals surface area contributed by atoms with E-state index in [-0.39, 0.29) is 5.69 Å². The van der Waals surface area contributed by atoms with E-state index < -0.39 is 184 Å². The van der Waals surface area contributed by atoms with Gasteiger partial charge in [0, 0.05) is 33.1 Å². The molecule has 5 aromatic rings. The lowest BCUT2D eigenvalue weighted by atomic mass is 9.95. The number of aliphatic hydroxyl groups is 1. The van der Waals surface area contributed by atoms with Crippen molar-refractivity contribution in [2.45, 2.75) is 12.8 Å². The van der Waals surface area contributed by atoms with E-state index in [0.29, 0.717) is 0 Å². The second-order valence-corrected chi connectivity index (χ2v) is 13.1. The van der Waals surface area contributed by atoms with E-state index in [1.807, 2.05) is 0 Å². The highest BCUT2D eigenvalue weighted by Crippen LogP contribution is 2.42. The molecular formula is C38H12ClF15N4O. The molecule has 59 heavy (non-hydrogen) atoms. The van der Waals surface area contributed by atoms with Gasteiger partial charge in [0.2, 0.25) is 17.5 Å². The van der Waals surface area contributed by atoms with Crippen molar-refractivity contribution in [3.8, 4) is 0 Å². The molecule has 3 aliphatic heterocycles. The van der Waals surface area contributed by atoms with Gasteiger partial charge in [-0.2, -0.15) is 0 Å². The molecule has 3 aliphatic rings. The first kappa shape index (κ1) is 39.4. The molecule has 302 valence electrons. The zero-order chi connectivity index (χ0) is 42.7. The van der Waals surface area contributed by atoms with Crippen LogP contribution in [0.2, 0.25) is 0 Å². The number of rotatable bonds is 3. The molecule has 2 aromatic heterocycles. The number of aliphatic imine (C=N–C) groups is 2. The molecule has 0 spiro atoms. The highest BCUT2D eigenvalue weighted by molar-refractivity contribution is 6.40. The Kier molecular flexibility index (Phi) is 9.24. The van der Waals surface area contributed by atoms with Gasteiger partial charge in [0.15, 0.2) is 75.0 Å². The monoisotopic (exact) mass is 860 g/mol. The van der Waals surface area contributed by atoms with Gasteiger partial charge in [-0.15, -0.1) is 0 Å². The van der Waals surface area contributed by atoms with Gasteiger partial charge in [-0.05, 0) is 54.8 Å². The fourth-order valence-electron chi connectivity index (χ4n) is 6.88. The van der Waals surface area contributed by atoms with Crippen LogP contribution in [0.3, 0.4) is 0 Å². The van der Waals surface area contributed by atoms with Crippen LogP contribution in [0, 0.1) is 87.3 Å². The van der Waals surface area contributed by atoms with Crippen molar-refractivity contribution in [2.24, 2.45) is 9.98 Å². The number of nitrogens with zero attached hydrogens (tertiary/aromatic N) is 2. The molecule has 0 saturated heterocycles. The molecule has 5 heterocycles. The molecule has 0 saturated carbocycles.